The van der Waals surface area contributed by atoms with Gasteiger partial charge in [0.25, 0.3) is 0 Å². The lowest BCUT2D eigenvalue weighted by Crippen LogP contribution is -2.32. The van der Waals surface area contributed by atoms with Crippen molar-refractivity contribution in [2.75, 3.05) is 6.61 Å². The van der Waals surface area contributed by atoms with Crippen molar-refractivity contribution in [2.45, 2.75) is 45.4 Å². The summed E-state index contributed by atoms with van der Waals surface area (Å²) in [7, 11) is 0. The summed E-state index contributed by atoms with van der Waals surface area (Å²) in [5.41, 5.74) is -0.385. The average Bonchev–Trinajstić information content (AvgIpc) is 2.20. The van der Waals surface area contributed by atoms with Crippen LogP contribution in [0, 0.1) is 11.3 Å². The lowest BCUT2D eigenvalue weighted by atomic mass is 9.71. The van der Waals surface area contributed by atoms with Gasteiger partial charge in [0.2, 0.25) is 0 Å². The summed E-state index contributed by atoms with van der Waals surface area (Å²) < 4.78 is 0. The number of carbonyl (C=O) groups is 1. The Morgan fingerprint density at radius 1 is 1.46 bits per heavy atom. The van der Waals surface area contributed by atoms with Crippen LogP contribution in [0.25, 0.3) is 0 Å². The first kappa shape index (κ1) is 10.7. The van der Waals surface area contributed by atoms with Gasteiger partial charge >= 0.3 is 0 Å². The smallest absolute Gasteiger partial charge is 0.128 e. The Balaban J connectivity index is 2.40. The molecule has 1 fully saturated rings. The van der Waals surface area contributed by atoms with E-state index in [1.54, 1.807) is 0 Å². The Bertz CT molecular complexity index is 157. The topological polar surface area (TPSA) is 37.3 Å². The molecule has 13 heavy (non-hydrogen) atoms. The second kappa shape index (κ2) is 4.75. The Hall–Kier alpha value is -0.370. The van der Waals surface area contributed by atoms with Crippen molar-refractivity contribution in [1.29, 1.82) is 0 Å². The fourth-order valence-corrected chi connectivity index (χ4v) is 2.26. The van der Waals surface area contributed by atoms with Crippen LogP contribution < -0.4 is 0 Å². The molecule has 1 N–H and O–H groups in total. The van der Waals surface area contributed by atoms with Gasteiger partial charge in [0.1, 0.15) is 6.29 Å². The van der Waals surface area contributed by atoms with Gasteiger partial charge in [-0.15, -0.1) is 0 Å². The molecule has 1 rings (SSSR count). The standard InChI is InChI=1S/C11H20O2/c1-2-3-10-4-6-11(8-12,9-13)7-5-10/h8,10,13H,2-7,9H2,1H3. The molecule has 0 saturated heterocycles. The molecule has 0 aromatic carbocycles. The van der Waals surface area contributed by atoms with Crippen molar-refractivity contribution in [3.8, 4) is 0 Å². The highest BCUT2D eigenvalue weighted by molar-refractivity contribution is 5.59. The predicted molar refractivity (Wildman–Crippen MR) is 52.4 cm³/mol. The van der Waals surface area contributed by atoms with E-state index in [0.717, 1.165) is 37.9 Å². The van der Waals surface area contributed by atoms with Crippen LogP contribution in [0.15, 0.2) is 0 Å². The molecule has 0 bridgehead atoms. The zero-order chi connectivity index (χ0) is 9.73. The zero-order valence-corrected chi connectivity index (χ0v) is 8.46. The third kappa shape index (κ3) is 2.53. The van der Waals surface area contributed by atoms with Gasteiger partial charge in [-0.1, -0.05) is 19.8 Å². The Morgan fingerprint density at radius 2 is 2.08 bits per heavy atom. The maximum Gasteiger partial charge on any atom is 0.128 e. The first-order valence-electron chi connectivity index (χ1n) is 5.33. The molecule has 0 spiro atoms. The van der Waals surface area contributed by atoms with E-state index >= 15 is 0 Å². The van der Waals surface area contributed by atoms with Crippen LogP contribution in [0.4, 0.5) is 0 Å². The van der Waals surface area contributed by atoms with Crippen molar-refractivity contribution in [3.05, 3.63) is 0 Å². The van der Waals surface area contributed by atoms with Gasteiger partial charge in [-0.3, -0.25) is 0 Å². The Morgan fingerprint density at radius 3 is 2.46 bits per heavy atom. The monoisotopic (exact) mass is 184 g/mol. The summed E-state index contributed by atoms with van der Waals surface area (Å²) >= 11 is 0. The lowest BCUT2D eigenvalue weighted by molar-refractivity contribution is -0.120. The molecule has 0 atom stereocenters. The predicted octanol–water partition coefficient (Wildman–Crippen LogP) is 2.15. The highest BCUT2D eigenvalue weighted by atomic mass is 16.3. The maximum absolute atomic E-state index is 10.8. The van der Waals surface area contributed by atoms with Crippen LogP contribution >= 0.6 is 0 Å². The van der Waals surface area contributed by atoms with E-state index in [4.69, 9.17) is 5.11 Å². The number of carbonyl (C=O) groups excluding carboxylic acids is 1. The van der Waals surface area contributed by atoms with Crippen LogP contribution in [0.5, 0.6) is 0 Å². The number of rotatable bonds is 4. The summed E-state index contributed by atoms with van der Waals surface area (Å²) in [5, 5.41) is 9.13. The molecule has 0 aliphatic heterocycles. The van der Waals surface area contributed by atoms with Gasteiger partial charge in [0.15, 0.2) is 0 Å². The van der Waals surface area contributed by atoms with Gasteiger partial charge in [-0.05, 0) is 31.6 Å². The molecular formula is C11H20O2. The van der Waals surface area contributed by atoms with Gasteiger partial charge in [0, 0.05) is 5.41 Å². The van der Waals surface area contributed by atoms with Crippen LogP contribution in [0.2, 0.25) is 0 Å². The van der Waals surface area contributed by atoms with E-state index in [-0.39, 0.29) is 12.0 Å². The summed E-state index contributed by atoms with van der Waals surface area (Å²) in [6, 6.07) is 0. The maximum atomic E-state index is 10.8. The minimum absolute atomic E-state index is 0.0370. The fourth-order valence-electron chi connectivity index (χ4n) is 2.26. The van der Waals surface area contributed by atoms with E-state index in [1.807, 2.05) is 0 Å². The third-order valence-electron chi connectivity index (χ3n) is 3.36. The minimum Gasteiger partial charge on any atom is -0.395 e. The molecule has 1 aliphatic rings. The van der Waals surface area contributed by atoms with Crippen molar-refractivity contribution in [2.24, 2.45) is 11.3 Å². The first-order valence-corrected chi connectivity index (χ1v) is 5.33. The molecule has 2 nitrogen and oxygen atoms in total. The lowest BCUT2D eigenvalue weighted by Gasteiger charge is -2.34. The quantitative estimate of drug-likeness (QED) is 0.680. The second-order valence-electron chi connectivity index (χ2n) is 4.37. The highest BCUT2D eigenvalue weighted by Crippen LogP contribution is 2.38. The third-order valence-corrected chi connectivity index (χ3v) is 3.36. The molecular weight excluding hydrogens is 164 g/mol. The highest BCUT2D eigenvalue weighted by Gasteiger charge is 2.33. The first-order chi connectivity index (χ1) is 6.26. The SMILES string of the molecule is CCCC1CCC(C=O)(CO)CC1. The summed E-state index contributed by atoms with van der Waals surface area (Å²) in [4.78, 5) is 10.8. The van der Waals surface area contributed by atoms with Gasteiger partial charge in [-0.25, -0.2) is 0 Å². The number of hydrogen-bond donors (Lipinski definition) is 1. The van der Waals surface area contributed by atoms with Crippen LogP contribution in [0.3, 0.4) is 0 Å². The molecule has 0 aromatic rings. The zero-order valence-electron chi connectivity index (χ0n) is 8.46. The molecule has 76 valence electrons. The summed E-state index contributed by atoms with van der Waals surface area (Å²) in [6.07, 6.45) is 7.49. The Labute approximate surface area is 80.3 Å². The van der Waals surface area contributed by atoms with Crippen molar-refractivity contribution >= 4 is 6.29 Å². The van der Waals surface area contributed by atoms with E-state index in [2.05, 4.69) is 6.92 Å². The number of aliphatic hydroxyl groups excluding tert-OH is 1. The van der Waals surface area contributed by atoms with Gasteiger partial charge < -0.3 is 9.90 Å². The number of aldehydes is 1. The largest absolute Gasteiger partial charge is 0.395 e. The van der Waals surface area contributed by atoms with Crippen LogP contribution in [-0.2, 0) is 4.79 Å². The van der Waals surface area contributed by atoms with Crippen molar-refractivity contribution in [3.63, 3.8) is 0 Å². The molecule has 0 aromatic heterocycles. The van der Waals surface area contributed by atoms with Crippen LogP contribution in [-0.4, -0.2) is 18.0 Å². The van der Waals surface area contributed by atoms with Crippen LogP contribution in [0.1, 0.15) is 45.4 Å². The molecule has 1 saturated carbocycles. The van der Waals surface area contributed by atoms with E-state index < -0.39 is 0 Å². The summed E-state index contributed by atoms with van der Waals surface area (Å²) in [6.45, 7) is 2.24. The molecule has 0 heterocycles. The molecule has 0 amide bonds. The molecule has 0 radical (unpaired) electrons. The summed E-state index contributed by atoms with van der Waals surface area (Å²) in [5.74, 6) is 0.796. The Kier molecular flexibility index (Phi) is 3.91. The van der Waals surface area contributed by atoms with Gasteiger partial charge in [-0.2, -0.15) is 0 Å². The van der Waals surface area contributed by atoms with Crippen molar-refractivity contribution in [1.82, 2.24) is 0 Å². The minimum atomic E-state index is -0.385. The van der Waals surface area contributed by atoms with Gasteiger partial charge in [0.05, 0.1) is 6.61 Å². The fraction of sp³-hybridized carbons (Fsp3) is 0.909. The number of hydrogen-bond acceptors (Lipinski definition) is 2. The second-order valence-corrected chi connectivity index (χ2v) is 4.37. The van der Waals surface area contributed by atoms with E-state index in [1.165, 1.54) is 12.8 Å². The van der Waals surface area contributed by atoms with E-state index in [9.17, 15) is 4.79 Å². The molecule has 2 heteroatoms. The normalized spacial score (nSPS) is 34.5. The molecule has 0 unspecified atom stereocenters. The average molecular weight is 184 g/mol. The van der Waals surface area contributed by atoms with E-state index in [0.29, 0.717) is 0 Å². The van der Waals surface area contributed by atoms with Crippen molar-refractivity contribution < 1.29 is 9.90 Å². The number of aliphatic hydroxyl groups is 1. The molecule has 1 aliphatic carbocycles.